The molecule has 0 bridgehead atoms. The van der Waals surface area contributed by atoms with Crippen molar-refractivity contribution in [2.45, 2.75) is 25.8 Å². The summed E-state index contributed by atoms with van der Waals surface area (Å²) in [5, 5.41) is 6.23. The Morgan fingerprint density at radius 3 is 3.11 bits per heavy atom. The van der Waals surface area contributed by atoms with E-state index < -0.39 is 0 Å². The molecule has 0 spiro atoms. The number of hydrogen-bond donors (Lipinski definition) is 1. The molecule has 1 unspecified atom stereocenters. The fourth-order valence-corrected chi connectivity index (χ4v) is 3.21. The summed E-state index contributed by atoms with van der Waals surface area (Å²) < 4.78 is 14.0. The van der Waals surface area contributed by atoms with E-state index in [0.717, 1.165) is 23.7 Å². The highest BCUT2D eigenvalue weighted by Crippen LogP contribution is 2.31. The number of nitrogens with one attached hydrogen (secondary N) is 1. The first-order chi connectivity index (χ1) is 8.75. The smallest absolute Gasteiger partial charge is 0.136 e. The van der Waals surface area contributed by atoms with Crippen molar-refractivity contribution < 1.29 is 4.39 Å². The molecule has 1 aliphatic heterocycles. The molecule has 4 heteroatoms. The van der Waals surface area contributed by atoms with Crippen LogP contribution < -0.4 is 5.32 Å². The van der Waals surface area contributed by atoms with Crippen molar-refractivity contribution in [1.29, 1.82) is 0 Å². The zero-order valence-electron chi connectivity index (χ0n) is 10.2. The van der Waals surface area contributed by atoms with Crippen LogP contribution in [0.1, 0.15) is 30.1 Å². The minimum Gasteiger partial charge on any atom is -0.309 e. The fourth-order valence-electron chi connectivity index (χ4n) is 2.32. The Labute approximate surface area is 110 Å². The van der Waals surface area contributed by atoms with Crippen LogP contribution in [0.5, 0.6) is 0 Å². The minimum absolute atomic E-state index is 0.155. The molecule has 0 amide bonds. The summed E-state index contributed by atoms with van der Waals surface area (Å²) in [6.45, 7) is 2.84. The molecule has 1 aromatic heterocycles. The normalized spacial score (nSPS) is 19.3. The van der Waals surface area contributed by atoms with E-state index >= 15 is 0 Å². The van der Waals surface area contributed by atoms with Gasteiger partial charge in [-0.2, -0.15) is 0 Å². The maximum atomic E-state index is 14.0. The second-order valence-electron chi connectivity index (χ2n) is 4.66. The number of aryl methyl sites for hydroxylation is 1. The zero-order valence-corrected chi connectivity index (χ0v) is 11.1. The van der Waals surface area contributed by atoms with Gasteiger partial charge >= 0.3 is 0 Å². The quantitative estimate of drug-likeness (QED) is 0.893. The summed E-state index contributed by atoms with van der Waals surface area (Å²) in [7, 11) is 0. The number of aromatic nitrogens is 1. The molecule has 1 aliphatic rings. The summed E-state index contributed by atoms with van der Waals surface area (Å²) in [5.41, 5.74) is 2.33. The first kappa shape index (κ1) is 11.8. The molecule has 1 fully saturated rings. The average molecular weight is 262 g/mol. The lowest BCUT2D eigenvalue weighted by atomic mass is 10.1. The molecule has 18 heavy (non-hydrogen) atoms. The Balaban J connectivity index is 1.95. The molecule has 0 aliphatic carbocycles. The summed E-state index contributed by atoms with van der Waals surface area (Å²) in [5.74, 6) is -0.155. The van der Waals surface area contributed by atoms with Gasteiger partial charge in [-0.05, 0) is 37.9 Å². The zero-order chi connectivity index (χ0) is 12.5. The number of benzene rings is 1. The molecule has 0 radical (unpaired) electrons. The van der Waals surface area contributed by atoms with Crippen LogP contribution in [0.15, 0.2) is 23.6 Å². The maximum absolute atomic E-state index is 14.0. The van der Waals surface area contributed by atoms with Gasteiger partial charge in [-0.3, -0.25) is 0 Å². The molecule has 1 aromatic carbocycles. The van der Waals surface area contributed by atoms with Crippen molar-refractivity contribution in [2.75, 3.05) is 6.54 Å². The van der Waals surface area contributed by atoms with E-state index in [0.29, 0.717) is 17.2 Å². The Kier molecular flexibility index (Phi) is 3.14. The Morgan fingerprint density at radius 2 is 2.33 bits per heavy atom. The van der Waals surface area contributed by atoms with Gasteiger partial charge in [0, 0.05) is 10.9 Å². The second-order valence-corrected chi connectivity index (χ2v) is 5.52. The van der Waals surface area contributed by atoms with E-state index in [1.54, 1.807) is 19.1 Å². The van der Waals surface area contributed by atoms with Gasteiger partial charge in [0.05, 0.1) is 11.7 Å². The lowest BCUT2D eigenvalue weighted by Crippen LogP contribution is -2.12. The third-order valence-corrected chi connectivity index (χ3v) is 4.26. The highest BCUT2D eigenvalue weighted by Gasteiger charge is 2.20. The van der Waals surface area contributed by atoms with Gasteiger partial charge in [0.25, 0.3) is 0 Å². The monoisotopic (exact) mass is 262 g/mol. The molecule has 2 nitrogen and oxygen atoms in total. The highest BCUT2D eigenvalue weighted by molar-refractivity contribution is 7.13. The van der Waals surface area contributed by atoms with Gasteiger partial charge < -0.3 is 5.32 Å². The molecular weight excluding hydrogens is 247 g/mol. The third-order valence-electron chi connectivity index (χ3n) is 3.36. The van der Waals surface area contributed by atoms with Gasteiger partial charge in [-0.1, -0.05) is 12.1 Å². The molecule has 2 heterocycles. The van der Waals surface area contributed by atoms with E-state index in [-0.39, 0.29) is 5.82 Å². The van der Waals surface area contributed by atoms with Gasteiger partial charge in [-0.15, -0.1) is 11.3 Å². The van der Waals surface area contributed by atoms with Crippen LogP contribution in [-0.4, -0.2) is 11.5 Å². The highest BCUT2D eigenvalue weighted by atomic mass is 32.1. The SMILES string of the molecule is Cc1cccc(-c2nc(C3CCCN3)cs2)c1F. The molecule has 0 saturated carbocycles. The van der Waals surface area contributed by atoms with E-state index in [4.69, 9.17) is 0 Å². The van der Waals surface area contributed by atoms with E-state index in [2.05, 4.69) is 10.3 Å². The molecule has 1 saturated heterocycles. The van der Waals surface area contributed by atoms with Crippen molar-refractivity contribution in [2.24, 2.45) is 0 Å². The lowest BCUT2D eigenvalue weighted by molar-refractivity contribution is 0.619. The first-order valence-corrected chi connectivity index (χ1v) is 7.08. The molecule has 1 atom stereocenters. The number of rotatable bonds is 2. The first-order valence-electron chi connectivity index (χ1n) is 6.20. The van der Waals surface area contributed by atoms with Crippen molar-refractivity contribution in [1.82, 2.24) is 10.3 Å². The lowest BCUT2D eigenvalue weighted by Gasteiger charge is -2.05. The number of thiazole rings is 1. The predicted octanol–water partition coefficient (Wildman–Crippen LogP) is 3.68. The van der Waals surface area contributed by atoms with Crippen molar-refractivity contribution in [3.8, 4) is 10.6 Å². The summed E-state index contributed by atoms with van der Waals surface area (Å²) in [6, 6.07) is 5.81. The summed E-state index contributed by atoms with van der Waals surface area (Å²) in [6.07, 6.45) is 2.32. The second kappa shape index (κ2) is 4.78. The van der Waals surface area contributed by atoms with Crippen LogP contribution in [0.3, 0.4) is 0 Å². The molecule has 2 aromatic rings. The van der Waals surface area contributed by atoms with E-state index in [1.165, 1.54) is 17.8 Å². The standard InChI is InChI=1S/C14H15FN2S/c1-9-4-2-5-10(13(9)15)14-17-12(8-18-14)11-6-3-7-16-11/h2,4-5,8,11,16H,3,6-7H2,1H3. The third kappa shape index (κ3) is 2.06. The van der Waals surface area contributed by atoms with Gasteiger partial charge in [0.15, 0.2) is 0 Å². The van der Waals surface area contributed by atoms with Gasteiger partial charge in [0.2, 0.25) is 0 Å². The van der Waals surface area contributed by atoms with E-state index in [1.807, 2.05) is 11.4 Å². The van der Waals surface area contributed by atoms with E-state index in [9.17, 15) is 4.39 Å². The molecule has 94 valence electrons. The van der Waals surface area contributed by atoms with Crippen LogP contribution in [0.2, 0.25) is 0 Å². The Hall–Kier alpha value is -1.26. The van der Waals surface area contributed by atoms with Crippen molar-refractivity contribution in [3.05, 3.63) is 40.7 Å². The Bertz CT molecular complexity index is 559. The molecule has 3 rings (SSSR count). The van der Waals surface area contributed by atoms with Crippen molar-refractivity contribution >= 4 is 11.3 Å². The number of nitrogens with zero attached hydrogens (tertiary/aromatic N) is 1. The maximum Gasteiger partial charge on any atom is 0.136 e. The number of halogens is 1. The average Bonchev–Trinajstić information content (AvgIpc) is 3.01. The molecule has 1 N–H and O–H groups in total. The summed E-state index contributed by atoms with van der Waals surface area (Å²) in [4.78, 5) is 4.58. The molecular formula is C14H15FN2S. The van der Waals surface area contributed by atoms with Crippen LogP contribution in [0.25, 0.3) is 10.6 Å². The minimum atomic E-state index is -0.155. The van der Waals surface area contributed by atoms with Crippen LogP contribution in [0, 0.1) is 12.7 Å². The van der Waals surface area contributed by atoms with Crippen LogP contribution in [0.4, 0.5) is 4.39 Å². The fraction of sp³-hybridized carbons (Fsp3) is 0.357. The van der Waals surface area contributed by atoms with Crippen LogP contribution in [-0.2, 0) is 0 Å². The van der Waals surface area contributed by atoms with Crippen LogP contribution >= 0.6 is 11.3 Å². The van der Waals surface area contributed by atoms with Crippen molar-refractivity contribution in [3.63, 3.8) is 0 Å². The summed E-state index contributed by atoms with van der Waals surface area (Å²) >= 11 is 1.52. The topological polar surface area (TPSA) is 24.9 Å². The number of hydrogen-bond acceptors (Lipinski definition) is 3. The van der Waals surface area contributed by atoms with Gasteiger partial charge in [0.1, 0.15) is 10.8 Å². The predicted molar refractivity (Wildman–Crippen MR) is 72.2 cm³/mol. The van der Waals surface area contributed by atoms with Gasteiger partial charge in [-0.25, -0.2) is 9.37 Å². The largest absolute Gasteiger partial charge is 0.309 e. The Morgan fingerprint density at radius 1 is 1.44 bits per heavy atom.